The van der Waals surface area contributed by atoms with Gasteiger partial charge in [0, 0.05) is 26.1 Å². The van der Waals surface area contributed by atoms with Gasteiger partial charge in [0.1, 0.15) is 6.04 Å². The Morgan fingerprint density at radius 1 is 1.10 bits per heavy atom. The number of carbonyl (C=O) groups is 3. The minimum absolute atomic E-state index is 0.000733. The Morgan fingerprint density at radius 3 is 2.33 bits per heavy atom. The molecule has 2 aliphatic heterocycles. The van der Waals surface area contributed by atoms with Crippen molar-refractivity contribution in [3.63, 3.8) is 0 Å². The molecule has 0 aromatic heterocycles. The van der Waals surface area contributed by atoms with Crippen LogP contribution in [0.2, 0.25) is 0 Å². The number of carboxylic acids is 1. The number of amides is 2. The summed E-state index contributed by atoms with van der Waals surface area (Å²) in [6.45, 7) is 3.60. The molecule has 0 spiro atoms. The van der Waals surface area contributed by atoms with Gasteiger partial charge in [-0.15, -0.1) is 0 Å². The highest BCUT2D eigenvalue weighted by Gasteiger charge is 2.37. The molecule has 2 fully saturated rings. The zero-order valence-electron chi connectivity index (χ0n) is 12.6. The fourth-order valence-electron chi connectivity index (χ4n) is 3.24. The number of rotatable bonds is 4. The van der Waals surface area contributed by atoms with Gasteiger partial charge in [0.15, 0.2) is 0 Å². The van der Waals surface area contributed by atoms with Crippen LogP contribution in [0.25, 0.3) is 0 Å². The van der Waals surface area contributed by atoms with Crippen molar-refractivity contribution >= 4 is 17.8 Å². The summed E-state index contributed by atoms with van der Waals surface area (Å²) in [7, 11) is 0. The fourth-order valence-corrected chi connectivity index (χ4v) is 3.24. The highest BCUT2D eigenvalue weighted by molar-refractivity contribution is 5.88. The molecular weight excluding hydrogens is 272 g/mol. The van der Waals surface area contributed by atoms with E-state index in [-0.39, 0.29) is 23.8 Å². The number of nitrogens with zero attached hydrogens (tertiary/aromatic N) is 2. The van der Waals surface area contributed by atoms with Crippen LogP contribution in [0.4, 0.5) is 0 Å². The van der Waals surface area contributed by atoms with Crippen molar-refractivity contribution in [1.29, 1.82) is 0 Å². The van der Waals surface area contributed by atoms with E-state index in [1.165, 1.54) is 0 Å². The first-order valence-corrected chi connectivity index (χ1v) is 7.85. The predicted octanol–water partition coefficient (Wildman–Crippen LogP) is 1.10. The summed E-state index contributed by atoms with van der Waals surface area (Å²) in [4.78, 5) is 39.0. The Balaban J connectivity index is 1.93. The van der Waals surface area contributed by atoms with Crippen LogP contribution in [0.3, 0.4) is 0 Å². The maximum absolute atomic E-state index is 12.6. The SMILES string of the molecule is CCCC(=O)N1CCCC1C(=O)N1CCC(C(=O)O)CC1. The van der Waals surface area contributed by atoms with Crippen molar-refractivity contribution in [2.24, 2.45) is 5.92 Å². The molecule has 21 heavy (non-hydrogen) atoms. The lowest BCUT2D eigenvalue weighted by Crippen LogP contribution is -2.50. The van der Waals surface area contributed by atoms with Crippen LogP contribution in [-0.2, 0) is 14.4 Å². The number of piperidine rings is 1. The Labute approximate surface area is 125 Å². The molecule has 0 aromatic carbocycles. The maximum Gasteiger partial charge on any atom is 0.306 e. The normalized spacial score (nSPS) is 23.4. The van der Waals surface area contributed by atoms with Gasteiger partial charge in [-0.25, -0.2) is 0 Å². The van der Waals surface area contributed by atoms with Crippen molar-refractivity contribution in [3.05, 3.63) is 0 Å². The minimum Gasteiger partial charge on any atom is -0.481 e. The lowest BCUT2D eigenvalue weighted by atomic mass is 9.96. The minimum atomic E-state index is -0.775. The van der Waals surface area contributed by atoms with Gasteiger partial charge in [-0.3, -0.25) is 14.4 Å². The summed E-state index contributed by atoms with van der Waals surface area (Å²) in [5, 5.41) is 8.99. The summed E-state index contributed by atoms with van der Waals surface area (Å²) in [5.74, 6) is -1.05. The van der Waals surface area contributed by atoms with E-state index >= 15 is 0 Å². The van der Waals surface area contributed by atoms with Gasteiger partial charge in [0.05, 0.1) is 5.92 Å². The largest absolute Gasteiger partial charge is 0.481 e. The second-order valence-electron chi connectivity index (χ2n) is 5.93. The van der Waals surface area contributed by atoms with Crippen LogP contribution in [0.1, 0.15) is 45.4 Å². The van der Waals surface area contributed by atoms with Gasteiger partial charge < -0.3 is 14.9 Å². The smallest absolute Gasteiger partial charge is 0.306 e. The molecule has 0 saturated carbocycles. The number of likely N-dealkylation sites (tertiary alicyclic amines) is 2. The lowest BCUT2D eigenvalue weighted by molar-refractivity contribution is -0.148. The number of carboxylic acid groups (broad SMARTS) is 1. The molecule has 1 N–H and O–H groups in total. The van der Waals surface area contributed by atoms with Gasteiger partial charge in [-0.2, -0.15) is 0 Å². The van der Waals surface area contributed by atoms with Gasteiger partial charge in [0.25, 0.3) is 0 Å². The average Bonchev–Trinajstić information content (AvgIpc) is 2.96. The summed E-state index contributed by atoms with van der Waals surface area (Å²) in [5.41, 5.74) is 0. The van der Waals surface area contributed by atoms with E-state index in [0.29, 0.717) is 38.9 Å². The zero-order chi connectivity index (χ0) is 15.4. The van der Waals surface area contributed by atoms with E-state index in [4.69, 9.17) is 5.11 Å². The van der Waals surface area contributed by atoms with E-state index in [1.54, 1.807) is 9.80 Å². The molecule has 1 atom stereocenters. The first kappa shape index (κ1) is 15.8. The molecule has 0 bridgehead atoms. The third-order valence-corrected chi connectivity index (χ3v) is 4.48. The van der Waals surface area contributed by atoms with E-state index in [2.05, 4.69) is 0 Å². The molecule has 6 heteroatoms. The summed E-state index contributed by atoms with van der Waals surface area (Å²) >= 11 is 0. The first-order valence-electron chi connectivity index (χ1n) is 7.85. The van der Waals surface area contributed by atoms with Gasteiger partial charge in [0.2, 0.25) is 11.8 Å². The van der Waals surface area contributed by atoms with Crippen LogP contribution in [0.15, 0.2) is 0 Å². The predicted molar refractivity (Wildman–Crippen MR) is 76.6 cm³/mol. The van der Waals surface area contributed by atoms with Crippen molar-refractivity contribution < 1.29 is 19.5 Å². The van der Waals surface area contributed by atoms with Gasteiger partial charge in [-0.05, 0) is 32.1 Å². The van der Waals surface area contributed by atoms with E-state index in [0.717, 1.165) is 19.3 Å². The second kappa shape index (κ2) is 6.91. The Morgan fingerprint density at radius 2 is 1.76 bits per heavy atom. The quantitative estimate of drug-likeness (QED) is 0.842. The van der Waals surface area contributed by atoms with Crippen LogP contribution in [0.5, 0.6) is 0 Å². The molecule has 2 saturated heterocycles. The van der Waals surface area contributed by atoms with Crippen molar-refractivity contribution in [2.45, 2.75) is 51.5 Å². The molecule has 2 heterocycles. The Hall–Kier alpha value is -1.59. The highest BCUT2D eigenvalue weighted by Crippen LogP contribution is 2.24. The molecule has 2 aliphatic rings. The molecule has 6 nitrogen and oxygen atoms in total. The monoisotopic (exact) mass is 296 g/mol. The van der Waals surface area contributed by atoms with Crippen molar-refractivity contribution in [1.82, 2.24) is 9.80 Å². The number of hydrogen-bond acceptors (Lipinski definition) is 3. The van der Waals surface area contributed by atoms with Crippen LogP contribution < -0.4 is 0 Å². The van der Waals surface area contributed by atoms with Crippen LogP contribution in [0, 0.1) is 5.92 Å². The average molecular weight is 296 g/mol. The Kier molecular flexibility index (Phi) is 5.20. The topological polar surface area (TPSA) is 77.9 Å². The van der Waals surface area contributed by atoms with Crippen molar-refractivity contribution in [2.75, 3.05) is 19.6 Å². The number of carbonyl (C=O) groups excluding carboxylic acids is 2. The molecule has 0 aliphatic carbocycles. The maximum atomic E-state index is 12.6. The third kappa shape index (κ3) is 3.54. The third-order valence-electron chi connectivity index (χ3n) is 4.48. The molecule has 2 amide bonds. The molecule has 0 aromatic rings. The molecule has 1 unspecified atom stereocenters. The molecule has 2 rings (SSSR count). The number of hydrogen-bond donors (Lipinski definition) is 1. The second-order valence-corrected chi connectivity index (χ2v) is 5.93. The summed E-state index contributed by atoms with van der Waals surface area (Å²) < 4.78 is 0. The molecule has 0 radical (unpaired) electrons. The van der Waals surface area contributed by atoms with Crippen LogP contribution in [-0.4, -0.2) is 58.4 Å². The molecular formula is C15H24N2O4. The van der Waals surface area contributed by atoms with Gasteiger partial charge >= 0.3 is 5.97 Å². The lowest BCUT2D eigenvalue weighted by Gasteiger charge is -2.34. The highest BCUT2D eigenvalue weighted by atomic mass is 16.4. The molecule has 118 valence electrons. The zero-order valence-corrected chi connectivity index (χ0v) is 12.6. The standard InChI is InChI=1S/C15H24N2O4/c1-2-4-13(18)17-8-3-5-12(17)14(19)16-9-6-11(7-10-16)15(20)21/h11-12H,2-10H2,1H3,(H,20,21). The number of aliphatic carboxylic acids is 1. The van der Waals surface area contributed by atoms with E-state index in [1.807, 2.05) is 6.92 Å². The van der Waals surface area contributed by atoms with E-state index < -0.39 is 5.97 Å². The van der Waals surface area contributed by atoms with Crippen molar-refractivity contribution in [3.8, 4) is 0 Å². The van der Waals surface area contributed by atoms with Crippen LogP contribution >= 0.6 is 0 Å². The van der Waals surface area contributed by atoms with E-state index in [9.17, 15) is 14.4 Å². The summed E-state index contributed by atoms with van der Waals surface area (Å²) in [6.07, 6.45) is 3.91. The summed E-state index contributed by atoms with van der Waals surface area (Å²) in [6, 6.07) is -0.328. The Bertz CT molecular complexity index is 416. The first-order chi connectivity index (χ1) is 10.0. The van der Waals surface area contributed by atoms with Gasteiger partial charge in [-0.1, -0.05) is 6.92 Å². The fraction of sp³-hybridized carbons (Fsp3) is 0.800.